The molecule has 0 aromatic heterocycles. The zero-order chi connectivity index (χ0) is 21.3. The molecule has 0 saturated heterocycles. The van der Waals surface area contributed by atoms with Crippen LogP contribution in [-0.2, 0) is 23.8 Å². The number of esters is 1. The molecule has 0 unspecified atom stereocenters. The molecular weight excluding hydrogens is 372 g/mol. The lowest BCUT2D eigenvalue weighted by Crippen LogP contribution is -2.49. The van der Waals surface area contributed by atoms with Crippen molar-refractivity contribution in [3.8, 4) is 0 Å². The average molecular weight is 398 g/mol. The molecule has 1 aliphatic heterocycles. The molecule has 0 spiro atoms. The topological polar surface area (TPSA) is 127 Å². The van der Waals surface area contributed by atoms with E-state index in [0.29, 0.717) is 23.9 Å². The van der Waals surface area contributed by atoms with Gasteiger partial charge in [-0.25, -0.2) is 19.8 Å². The van der Waals surface area contributed by atoms with Crippen LogP contribution in [0.5, 0.6) is 0 Å². The number of nitrogens with one attached hydrogen (secondary N) is 2. The SMILES string of the molecule is CCOC(=O)NN(C(=O)OCC)/C(C(=O)OC)=C1\NC(N(CC)CC)=CC1=O. The number of nitrogens with zero attached hydrogens (tertiary/aromatic N) is 2. The fourth-order valence-corrected chi connectivity index (χ4v) is 2.37. The monoisotopic (exact) mass is 398 g/mol. The Labute approximate surface area is 163 Å². The van der Waals surface area contributed by atoms with Crippen molar-refractivity contribution < 1.29 is 33.4 Å². The number of rotatable bonds is 7. The van der Waals surface area contributed by atoms with Crippen LogP contribution in [0.2, 0.25) is 0 Å². The van der Waals surface area contributed by atoms with Crippen LogP contribution in [0.15, 0.2) is 23.3 Å². The molecule has 28 heavy (non-hydrogen) atoms. The lowest BCUT2D eigenvalue weighted by molar-refractivity contribution is -0.138. The summed E-state index contributed by atoms with van der Waals surface area (Å²) in [6, 6.07) is 0. The molecule has 0 bridgehead atoms. The molecule has 0 radical (unpaired) electrons. The van der Waals surface area contributed by atoms with Gasteiger partial charge in [-0.15, -0.1) is 0 Å². The van der Waals surface area contributed by atoms with Gasteiger partial charge in [-0.05, 0) is 27.7 Å². The smallest absolute Gasteiger partial charge is 0.433 e. The van der Waals surface area contributed by atoms with Crippen LogP contribution in [0, 0.1) is 0 Å². The molecule has 0 atom stereocenters. The Bertz CT molecular complexity index is 683. The fourth-order valence-electron chi connectivity index (χ4n) is 2.37. The second-order valence-electron chi connectivity index (χ2n) is 5.27. The molecule has 0 aliphatic carbocycles. The number of methoxy groups -OCH3 is 1. The summed E-state index contributed by atoms with van der Waals surface area (Å²) in [5.41, 5.74) is 1.33. The van der Waals surface area contributed by atoms with Crippen LogP contribution >= 0.6 is 0 Å². The second kappa shape index (κ2) is 10.8. The van der Waals surface area contributed by atoms with E-state index in [-0.39, 0.29) is 18.9 Å². The number of amides is 2. The lowest BCUT2D eigenvalue weighted by Gasteiger charge is -2.25. The molecule has 0 saturated carbocycles. The van der Waals surface area contributed by atoms with Crippen molar-refractivity contribution in [2.45, 2.75) is 27.7 Å². The van der Waals surface area contributed by atoms with Crippen molar-refractivity contribution >= 4 is 23.9 Å². The van der Waals surface area contributed by atoms with Gasteiger partial charge in [0.2, 0.25) is 5.78 Å². The number of hydrogen-bond acceptors (Lipinski definition) is 9. The van der Waals surface area contributed by atoms with E-state index < -0.39 is 29.6 Å². The van der Waals surface area contributed by atoms with Crippen LogP contribution in [-0.4, -0.2) is 67.3 Å². The average Bonchev–Trinajstić information content (AvgIpc) is 3.03. The molecule has 156 valence electrons. The minimum Gasteiger partial charge on any atom is -0.464 e. The van der Waals surface area contributed by atoms with Crippen molar-refractivity contribution in [1.82, 2.24) is 20.7 Å². The van der Waals surface area contributed by atoms with E-state index in [1.165, 1.54) is 6.08 Å². The van der Waals surface area contributed by atoms with Crippen molar-refractivity contribution in [2.24, 2.45) is 0 Å². The van der Waals surface area contributed by atoms with Crippen molar-refractivity contribution in [3.05, 3.63) is 23.3 Å². The molecule has 2 N–H and O–H groups in total. The highest BCUT2D eigenvalue weighted by Crippen LogP contribution is 2.20. The van der Waals surface area contributed by atoms with Gasteiger partial charge in [0.05, 0.1) is 20.3 Å². The van der Waals surface area contributed by atoms with Crippen LogP contribution in [0.25, 0.3) is 0 Å². The highest BCUT2D eigenvalue weighted by atomic mass is 16.6. The largest absolute Gasteiger partial charge is 0.464 e. The van der Waals surface area contributed by atoms with Crippen LogP contribution < -0.4 is 10.7 Å². The maximum atomic E-state index is 12.5. The predicted octanol–water partition coefficient (Wildman–Crippen LogP) is 0.846. The summed E-state index contributed by atoms with van der Waals surface area (Å²) in [7, 11) is 1.08. The molecule has 2 amide bonds. The number of carbonyl (C=O) groups excluding carboxylic acids is 4. The Morgan fingerprint density at radius 2 is 1.68 bits per heavy atom. The van der Waals surface area contributed by atoms with E-state index in [1.54, 1.807) is 13.8 Å². The number of hydrazine groups is 1. The highest BCUT2D eigenvalue weighted by molar-refractivity contribution is 6.12. The predicted molar refractivity (Wildman–Crippen MR) is 97.2 cm³/mol. The maximum Gasteiger partial charge on any atom is 0.433 e. The summed E-state index contributed by atoms with van der Waals surface area (Å²) in [6.45, 7) is 8.10. The molecule has 11 nitrogen and oxygen atoms in total. The summed E-state index contributed by atoms with van der Waals surface area (Å²) in [5, 5.41) is 3.31. The number of hydrogen-bond donors (Lipinski definition) is 2. The van der Waals surface area contributed by atoms with Gasteiger partial charge in [-0.2, -0.15) is 5.01 Å². The minimum atomic E-state index is -1.09. The van der Waals surface area contributed by atoms with E-state index >= 15 is 0 Å². The Balaban J connectivity index is 3.41. The molecule has 0 aromatic rings. The second-order valence-corrected chi connectivity index (χ2v) is 5.27. The Morgan fingerprint density at radius 1 is 1.07 bits per heavy atom. The van der Waals surface area contributed by atoms with E-state index in [9.17, 15) is 19.2 Å². The third-order valence-corrected chi connectivity index (χ3v) is 3.64. The van der Waals surface area contributed by atoms with E-state index in [4.69, 9.17) is 14.2 Å². The van der Waals surface area contributed by atoms with Gasteiger partial charge >= 0.3 is 18.2 Å². The van der Waals surface area contributed by atoms with Gasteiger partial charge in [-0.3, -0.25) is 4.79 Å². The summed E-state index contributed by atoms with van der Waals surface area (Å²) >= 11 is 0. The molecule has 1 heterocycles. The first-order valence-corrected chi connectivity index (χ1v) is 8.85. The zero-order valence-corrected chi connectivity index (χ0v) is 16.7. The third kappa shape index (κ3) is 5.38. The van der Waals surface area contributed by atoms with Crippen LogP contribution in [0.3, 0.4) is 0 Å². The zero-order valence-electron chi connectivity index (χ0n) is 16.7. The standard InChI is InChI=1S/C17H26N4O7/c1-6-20(7-2)12-10-11(22)13(18-12)14(15(23)26-5)21(17(25)28-9-4)19-16(24)27-8-3/h10,18H,6-9H2,1-5H3,(H,19,24)/b14-13-. The minimum absolute atomic E-state index is 0.0253. The normalized spacial score (nSPS) is 14.5. The van der Waals surface area contributed by atoms with Gasteiger partial charge in [0.15, 0.2) is 5.70 Å². The molecule has 11 heteroatoms. The van der Waals surface area contributed by atoms with Gasteiger partial charge in [0.1, 0.15) is 11.5 Å². The van der Waals surface area contributed by atoms with Crippen molar-refractivity contribution in [1.29, 1.82) is 0 Å². The van der Waals surface area contributed by atoms with Crippen LogP contribution in [0.1, 0.15) is 27.7 Å². The van der Waals surface area contributed by atoms with E-state index in [2.05, 4.69) is 10.7 Å². The number of carbonyl (C=O) groups is 4. The van der Waals surface area contributed by atoms with Gasteiger partial charge < -0.3 is 24.4 Å². The summed E-state index contributed by atoms with van der Waals surface area (Å²) in [6.07, 6.45) is -0.812. The summed E-state index contributed by atoms with van der Waals surface area (Å²) < 4.78 is 14.3. The van der Waals surface area contributed by atoms with E-state index in [0.717, 1.165) is 7.11 Å². The molecule has 1 rings (SSSR count). The van der Waals surface area contributed by atoms with Crippen LogP contribution in [0.4, 0.5) is 9.59 Å². The van der Waals surface area contributed by atoms with Crippen molar-refractivity contribution in [3.63, 3.8) is 0 Å². The Morgan fingerprint density at radius 3 is 2.18 bits per heavy atom. The first kappa shape index (κ1) is 22.8. The summed E-state index contributed by atoms with van der Waals surface area (Å²) in [4.78, 5) is 51.0. The first-order chi connectivity index (χ1) is 13.3. The van der Waals surface area contributed by atoms with Crippen molar-refractivity contribution in [2.75, 3.05) is 33.4 Å². The Hall–Kier alpha value is -3.24. The number of ether oxygens (including phenoxy) is 3. The number of allylic oxidation sites excluding steroid dienone is 1. The third-order valence-electron chi connectivity index (χ3n) is 3.64. The molecular formula is C17H26N4O7. The Kier molecular flexibility index (Phi) is 8.79. The summed E-state index contributed by atoms with van der Waals surface area (Å²) in [5.74, 6) is -1.15. The lowest BCUT2D eigenvalue weighted by atomic mass is 10.2. The first-order valence-electron chi connectivity index (χ1n) is 8.85. The van der Waals surface area contributed by atoms with Gasteiger partial charge in [0, 0.05) is 19.2 Å². The van der Waals surface area contributed by atoms with Gasteiger partial charge in [0.25, 0.3) is 0 Å². The van der Waals surface area contributed by atoms with E-state index in [1.807, 2.05) is 18.7 Å². The number of ketones is 1. The highest BCUT2D eigenvalue weighted by Gasteiger charge is 2.36. The fraction of sp³-hybridized carbons (Fsp3) is 0.529. The quantitative estimate of drug-likeness (QED) is 0.278. The molecule has 0 aromatic carbocycles. The molecule has 1 aliphatic rings. The van der Waals surface area contributed by atoms with Gasteiger partial charge in [-0.1, -0.05) is 0 Å². The maximum absolute atomic E-state index is 12.5. The molecule has 0 fully saturated rings.